The average Bonchev–Trinajstić information content (AvgIpc) is 2.69. The number of para-hydroxylation sites is 1. The molecule has 1 N–H and O–H groups in total. The second kappa shape index (κ2) is 4.90. The monoisotopic (exact) mass is 268 g/mol. The maximum atomic E-state index is 12.7. The number of hydrogen-bond donors (Lipinski definition) is 1. The van der Waals surface area contributed by atoms with Gasteiger partial charge in [-0.2, -0.15) is 4.31 Å². The lowest BCUT2D eigenvalue weighted by atomic mass is 10.1. The number of hydrogen-bond acceptors (Lipinski definition) is 3. The van der Waals surface area contributed by atoms with Crippen LogP contribution in [0, 0.1) is 5.92 Å². The summed E-state index contributed by atoms with van der Waals surface area (Å²) in [6.45, 7) is 4.68. The summed E-state index contributed by atoms with van der Waals surface area (Å²) in [5.41, 5.74) is 0.657. The zero-order valence-electron chi connectivity index (χ0n) is 11.1. The minimum absolute atomic E-state index is 0.0786. The highest BCUT2D eigenvalue weighted by Gasteiger charge is 2.36. The molecule has 0 radical (unpaired) electrons. The molecule has 1 saturated heterocycles. The molecule has 1 fully saturated rings. The fraction of sp³-hybridized carbons (Fsp3) is 0.538. The molecule has 5 heteroatoms. The normalized spacial score (nSPS) is 25.3. The molecule has 0 bridgehead atoms. The maximum absolute atomic E-state index is 12.7. The van der Waals surface area contributed by atoms with E-state index in [2.05, 4.69) is 12.2 Å². The van der Waals surface area contributed by atoms with Crippen molar-refractivity contribution in [2.75, 3.05) is 18.9 Å². The van der Waals surface area contributed by atoms with E-state index in [4.69, 9.17) is 0 Å². The van der Waals surface area contributed by atoms with Crippen molar-refractivity contribution in [3.8, 4) is 0 Å². The molecule has 0 amide bonds. The highest BCUT2D eigenvalue weighted by molar-refractivity contribution is 7.89. The number of anilines is 1. The summed E-state index contributed by atoms with van der Waals surface area (Å²) in [7, 11) is -1.65. The quantitative estimate of drug-likeness (QED) is 0.914. The molecule has 2 rings (SSSR count). The van der Waals surface area contributed by atoms with E-state index in [0.717, 1.165) is 6.42 Å². The van der Waals surface area contributed by atoms with Crippen LogP contribution in [0.2, 0.25) is 0 Å². The second-order valence-electron chi connectivity index (χ2n) is 5.01. The van der Waals surface area contributed by atoms with Crippen LogP contribution in [0.3, 0.4) is 0 Å². The van der Waals surface area contributed by atoms with Crippen LogP contribution < -0.4 is 5.32 Å². The minimum atomic E-state index is -3.39. The van der Waals surface area contributed by atoms with E-state index in [9.17, 15) is 8.42 Å². The van der Waals surface area contributed by atoms with Gasteiger partial charge in [0.15, 0.2) is 0 Å². The lowest BCUT2D eigenvalue weighted by Gasteiger charge is -2.22. The van der Waals surface area contributed by atoms with Crippen LogP contribution in [0.25, 0.3) is 0 Å². The van der Waals surface area contributed by atoms with Crippen LogP contribution in [-0.4, -0.2) is 32.4 Å². The molecular formula is C13H20N2O2S. The molecule has 100 valence electrons. The first-order valence-electron chi connectivity index (χ1n) is 6.25. The smallest absolute Gasteiger partial charge is 0.245 e. The molecular weight excluding hydrogens is 248 g/mol. The van der Waals surface area contributed by atoms with Crippen LogP contribution in [0.5, 0.6) is 0 Å². The van der Waals surface area contributed by atoms with E-state index in [-0.39, 0.29) is 6.04 Å². The van der Waals surface area contributed by atoms with Gasteiger partial charge in [0.25, 0.3) is 0 Å². The summed E-state index contributed by atoms with van der Waals surface area (Å²) < 4.78 is 26.9. The number of sulfonamides is 1. The third-order valence-electron chi connectivity index (χ3n) is 3.47. The Hall–Kier alpha value is -1.07. The SMILES string of the molecule is CNc1ccccc1S(=O)(=O)N1CC(C)CC1C. The van der Waals surface area contributed by atoms with Crippen LogP contribution in [0.15, 0.2) is 29.2 Å². The zero-order valence-corrected chi connectivity index (χ0v) is 11.9. The lowest BCUT2D eigenvalue weighted by molar-refractivity contribution is 0.406. The first-order chi connectivity index (χ1) is 8.46. The van der Waals surface area contributed by atoms with Crippen molar-refractivity contribution < 1.29 is 8.42 Å². The van der Waals surface area contributed by atoms with Crippen molar-refractivity contribution >= 4 is 15.7 Å². The summed E-state index contributed by atoms with van der Waals surface area (Å²) in [6, 6.07) is 7.13. The van der Waals surface area contributed by atoms with Gasteiger partial charge in [-0.1, -0.05) is 19.1 Å². The minimum Gasteiger partial charge on any atom is -0.387 e. The van der Waals surface area contributed by atoms with Crippen molar-refractivity contribution in [1.82, 2.24) is 4.31 Å². The molecule has 1 aliphatic heterocycles. The predicted octanol–water partition coefficient (Wildman–Crippen LogP) is 2.15. The van der Waals surface area contributed by atoms with Crippen molar-refractivity contribution in [3.05, 3.63) is 24.3 Å². The molecule has 1 aromatic rings. The van der Waals surface area contributed by atoms with Crippen LogP contribution >= 0.6 is 0 Å². The predicted molar refractivity (Wildman–Crippen MR) is 73.1 cm³/mol. The Morgan fingerprint density at radius 1 is 1.28 bits per heavy atom. The number of nitrogens with one attached hydrogen (secondary N) is 1. The molecule has 4 nitrogen and oxygen atoms in total. The van der Waals surface area contributed by atoms with Crippen molar-refractivity contribution in [3.63, 3.8) is 0 Å². The van der Waals surface area contributed by atoms with Crippen LogP contribution in [-0.2, 0) is 10.0 Å². The summed E-state index contributed by atoms with van der Waals surface area (Å²) in [5.74, 6) is 0.427. The Labute approximate surface area is 109 Å². The summed E-state index contributed by atoms with van der Waals surface area (Å²) in [6.07, 6.45) is 0.931. The molecule has 2 unspecified atom stereocenters. The van der Waals surface area contributed by atoms with Gasteiger partial charge in [-0.3, -0.25) is 0 Å². The zero-order chi connectivity index (χ0) is 13.3. The first kappa shape index (κ1) is 13.4. The van der Waals surface area contributed by atoms with Gasteiger partial charge in [0, 0.05) is 19.6 Å². The fourth-order valence-electron chi connectivity index (χ4n) is 2.62. The Morgan fingerprint density at radius 3 is 2.50 bits per heavy atom. The van der Waals surface area contributed by atoms with Gasteiger partial charge in [0.2, 0.25) is 10.0 Å². The third kappa shape index (κ3) is 2.24. The molecule has 0 spiro atoms. The Morgan fingerprint density at radius 2 is 1.94 bits per heavy atom. The topological polar surface area (TPSA) is 49.4 Å². The van der Waals surface area contributed by atoms with Gasteiger partial charge in [0.1, 0.15) is 4.90 Å². The molecule has 0 saturated carbocycles. The second-order valence-corrected chi connectivity index (χ2v) is 6.87. The van der Waals surface area contributed by atoms with Gasteiger partial charge < -0.3 is 5.32 Å². The molecule has 18 heavy (non-hydrogen) atoms. The maximum Gasteiger partial charge on any atom is 0.245 e. The molecule has 1 heterocycles. The Bertz CT molecular complexity index is 528. The van der Waals surface area contributed by atoms with E-state index in [1.165, 1.54) is 0 Å². The van der Waals surface area contributed by atoms with E-state index in [1.807, 2.05) is 13.0 Å². The van der Waals surface area contributed by atoms with Crippen molar-refractivity contribution in [2.24, 2.45) is 5.92 Å². The van der Waals surface area contributed by atoms with Crippen LogP contribution in [0.1, 0.15) is 20.3 Å². The van der Waals surface area contributed by atoms with Gasteiger partial charge in [-0.05, 0) is 31.4 Å². The first-order valence-corrected chi connectivity index (χ1v) is 7.69. The molecule has 1 aliphatic rings. The van der Waals surface area contributed by atoms with Gasteiger partial charge in [-0.15, -0.1) is 0 Å². The van der Waals surface area contributed by atoms with Gasteiger partial charge in [0.05, 0.1) is 5.69 Å². The van der Waals surface area contributed by atoms with E-state index in [1.54, 1.807) is 29.6 Å². The standard InChI is InChI=1S/C13H20N2O2S/c1-10-8-11(2)15(9-10)18(16,17)13-7-5-4-6-12(13)14-3/h4-7,10-11,14H,8-9H2,1-3H3. The van der Waals surface area contributed by atoms with Gasteiger partial charge >= 0.3 is 0 Å². The van der Waals surface area contributed by atoms with Crippen molar-refractivity contribution in [2.45, 2.75) is 31.2 Å². The fourth-order valence-corrected chi connectivity index (χ4v) is 4.58. The number of benzene rings is 1. The lowest BCUT2D eigenvalue weighted by Crippen LogP contribution is -2.34. The number of nitrogens with zero attached hydrogens (tertiary/aromatic N) is 1. The van der Waals surface area contributed by atoms with E-state index >= 15 is 0 Å². The highest BCUT2D eigenvalue weighted by atomic mass is 32.2. The summed E-state index contributed by atoms with van der Waals surface area (Å²) in [5, 5.41) is 2.95. The Balaban J connectivity index is 2.42. The van der Waals surface area contributed by atoms with Crippen LogP contribution in [0.4, 0.5) is 5.69 Å². The molecule has 1 aromatic carbocycles. The largest absolute Gasteiger partial charge is 0.387 e. The Kier molecular flexibility index (Phi) is 3.64. The average molecular weight is 268 g/mol. The molecule has 2 atom stereocenters. The molecule has 0 aliphatic carbocycles. The van der Waals surface area contributed by atoms with Crippen molar-refractivity contribution in [1.29, 1.82) is 0 Å². The van der Waals surface area contributed by atoms with Gasteiger partial charge in [-0.25, -0.2) is 8.42 Å². The van der Waals surface area contributed by atoms with E-state index in [0.29, 0.717) is 23.0 Å². The number of rotatable bonds is 3. The molecule has 0 aromatic heterocycles. The highest BCUT2D eigenvalue weighted by Crippen LogP contribution is 2.31. The summed E-state index contributed by atoms with van der Waals surface area (Å²) in [4.78, 5) is 0.369. The summed E-state index contributed by atoms with van der Waals surface area (Å²) >= 11 is 0. The van der Waals surface area contributed by atoms with E-state index < -0.39 is 10.0 Å². The third-order valence-corrected chi connectivity index (χ3v) is 5.51.